The number of aliphatic hydroxyl groups is 1. The van der Waals surface area contributed by atoms with E-state index in [1.165, 1.54) is 16.7 Å². The van der Waals surface area contributed by atoms with Crippen LogP contribution in [0.15, 0.2) is 59.5 Å². The molecule has 27 heavy (non-hydrogen) atoms. The molecule has 0 bridgehead atoms. The third-order valence-corrected chi connectivity index (χ3v) is 5.06. The number of anilines is 1. The predicted molar refractivity (Wildman–Crippen MR) is 108 cm³/mol. The first-order valence-corrected chi connectivity index (χ1v) is 9.81. The molecule has 6 heteroatoms. The van der Waals surface area contributed by atoms with Crippen molar-refractivity contribution in [3.8, 4) is 5.75 Å². The highest BCUT2D eigenvalue weighted by molar-refractivity contribution is 8.04. The normalized spacial score (nSPS) is 14.2. The quantitative estimate of drug-likeness (QED) is 0.707. The first-order valence-electron chi connectivity index (χ1n) is 8.83. The topological polar surface area (TPSA) is 66.8 Å². The lowest BCUT2D eigenvalue weighted by molar-refractivity contribution is -0.119. The van der Waals surface area contributed by atoms with E-state index in [1.807, 2.05) is 43.3 Å². The summed E-state index contributed by atoms with van der Waals surface area (Å²) in [6.45, 7) is 2.42. The maximum atomic E-state index is 13.2. The van der Waals surface area contributed by atoms with E-state index >= 15 is 0 Å². The average Bonchev–Trinajstić information content (AvgIpc) is 2.95. The van der Waals surface area contributed by atoms with Crippen LogP contribution < -0.4 is 9.64 Å². The number of hydrogen-bond acceptors (Lipinski definition) is 5. The molecule has 5 nitrogen and oxygen atoms in total. The number of para-hydroxylation sites is 2. The number of thioether (sulfide) groups is 1. The molecule has 1 heterocycles. The lowest BCUT2D eigenvalue weighted by Gasteiger charge is -2.19. The summed E-state index contributed by atoms with van der Waals surface area (Å²) in [7, 11) is 0. The fraction of sp³-hybridized carbons (Fsp3) is 0.238. The van der Waals surface area contributed by atoms with E-state index in [4.69, 9.17) is 4.74 Å². The van der Waals surface area contributed by atoms with Crippen molar-refractivity contribution in [1.82, 2.24) is 0 Å². The van der Waals surface area contributed by atoms with E-state index in [0.717, 1.165) is 6.42 Å². The molecule has 0 aromatic heterocycles. The second-order valence-electron chi connectivity index (χ2n) is 5.90. The Morgan fingerprint density at radius 3 is 2.41 bits per heavy atom. The first-order chi connectivity index (χ1) is 13.2. The van der Waals surface area contributed by atoms with Gasteiger partial charge in [0.25, 0.3) is 11.8 Å². The van der Waals surface area contributed by atoms with Gasteiger partial charge in [0, 0.05) is 5.75 Å². The van der Waals surface area contributed by atoms with Crippen molar-refractivity contribution in [3.05, 3.63) is 65.1 Å². The number of benzene rings is 2. The number of aliphatic hydroxyl groups excluding tert-OH is 1. The van der Waals surface area contributed by atoms with Crippen LogP contribution in [0, 0.1) is 0 Å². The molecule has 0 saturated carbocycles. The highest BCUT2D eigenvalue weighted by Crippen LogP contribution is 2.41. The molecule has 0 aliphatic carbocycles. The first kappa shape index (κ1) is 19.2. The summed E-state index contributed by atoms with van der Waals surface area (Å²) < 4.78 is 5.74. The zero-order valence-corrected chi connectivity index (χ0v) is 15.9. The lowest BCUT2D eigenvalue weighted by Crippen LogP contribution is -2.31. The fourth-order valence-corrected chi connectivity index (χ4v) is 3.71. The van der Waals surface area contributed by atoms with Crippen LogP contribution >= 0.6 is 11.8 Å². The highest BCUT2D eigenvalue weighted by Gasteiger charge is 2.41. The van der Waals surface area contributed by atoms with Gasteiger partial charge in [0.2, 0.25) is 0 Å². The molecule has 1 aliphatic heterocycles. The van der Waals surface area contributed by atoms with Crippen molar-refractivity contribution in [1.29, 1.82) is 0 Å². The van der Waals surface area contributed by atoms with Crippen molar-refractivity contribution in [2.45, 2.75) is 13.3 Å². The number of hydrogen-bond donors (Lipinski definition) is 1. The summed E-state index contributed by atoms with van der Waals surface area (Å²) in [5.74, 6) is 0.0814. The number of rotatable bonds is 8. The van der Waals surface area contributed by atoms with Gasteiger partial charge in [0.05, 0.1) is 29.4 Å². The largest absolute Gasteiger partial charge is 0.491 e. The average molecular weight is 383 g/mol. The summed E-state index contributed by atoms with van der Waals surface area (Å²) in [4.78, 5) is 27.9. The van der Waals surface area contributed by atoms with Gasteiger partial charge in [0.1, 0.15) is 5.75 Å². The Kier molecular flexibility index (Phi) is 6.32. The molecule has 1 N–H and O–H groups in total. The second-order valence-corrected chi connectivity index (χ2v) is 7.01. The number of carbonyl (C=O) groups excluding carboxylic acids is 2. The number of nitrogens with zero attached hydrogens (tertiary/aromatic N) is 1. The summed E-state index contributed by atoms with van der Waals surface area (Å²) in [6, 6.07) is 16.2. The maximum absolute atomic E-state index is 13.2. The van der Waals surface area contributed by atoms with Crippen LogP contribution in [0.2, 0.25) is 0 Å². The summed E-state index contributed by atoms with van der Waals surface area (Å²) in [6.07, 6.45) is 0.821. The van der Waals surface area contributed by atoms with Crippen molar-refractivity contribution in [2.24, 2.45) is 0 Å². The van der Waals surface area contributed by atoms with Gasteiger partial charge in [0.15, 0.2) is 0 Å². The smallest absolute Gasteiger partial charge is 0.272 e. The Labute approximate surface area is 162 Å². The van der Waals surface area contributed by atoms with Crippen molar-refractivity contribution < 1.29 is 19.4 Å². The van der Waals surface area contributed by atoms with Gasteiger partial charge in [-0.3, -0.25) is 9.59 Å². The maximum Gasteiger partial charge on any atom is 0.272 e. The van der Waals surface area contributed by atoms with Crippen LogP contribution in [0.4, 0.5) is 5.69 Å². The molecular formula is C21H21NO4S. The van der Waals surface area contributed by atoms with Gasteiger partial charge < -0.3 is 9.84 Å². The molecular weight excluding hydrogens is 362 g/mol. The van der Waals surface area contributed by atoms with E-state index in [0.29, 0.717) is 39.8 Å². The van der Waals surface area contributed by atoms with E-state index in [9.17, 15) is 14.7 Å². The third-order valence-electron chi connectivity index (χ3n) is 4.01. The summed E-state index contributed by atoms with van der Waals surface area (Å²) in [5, 5.41) is 9.19. The van der Waals surface area contributed by atoms with E-state index in [-0.39, 0.29) is 18.4 Å². The number of carbonyl (C=O) groups is 2. The van der Waals surface area contributed by atoms with Crippen LogP contribution in [0.5, 0.6) is 5.75 Å². The molecule has 0 fully saturated rings. The van der Waals surface area contributed by atoms with Crippen LogP contribution in [0.3, 0.4) is 0 Å². The Morgan fingerprint density at radius 1 is 1.00 bits per heavy atom. The minimum atomic E-state index is -0.384. The number of ether oxygens (including phenoxy) is 1. The number of amides is 2. The monoisotopic (exact) mass is 383 g/mol. The Hall–Kier alpha value is -2.57. The molecule has 1 aliphatic rings. The van der Waals surface area contributed by atoms with Crippen molar-refractivity contribution in [2.75, 3.05) is 23.9 Å². The Bertz CT molecular complexity index is 863. The highest BCUT2D eigenvalue weighted by atomic mass is 32.2. The molecule has 0 atom stereocenters. The summed E-state index contributed by atoms with van der Waals surface area (Å²) >= 11 is 1.20. The molecule has 2 amide bonds. The SMILES string of the molecule is CCCOc1ccccc1N1C(=O)C(SCCO)=C(c2ccccc2)C1=O. The molecule has 3 rings (SSSR count). The molecule has 140 valence electrons. The van der Waals surface area contributed by atoms with Crippen molar-refractivity contribution >= 4 is 34.8 Å². The second kappa shape index (κ2) is 8.88. The fourth-order valence-electron chi connectivity index (χ4n) is 2.85. The Balaban J connectivity index is 2.04. The van der Waals surface area contributed by atoms with Crippen LogP contribution in [-0.2, 0) is 9.59 Å². The van der Waals surface area contributed by atoms with E-state index in [2.05, 4.69) is 0 Å². The van der Waals surface area contributed by atoms with Gasteiger partial charge in [-0.05, 0) is 24.1 Å². The minimum absolute atomic E-state index is 0.0755. The zero-order chi connectivity index (χ0) is 19.2. The van der Waals surface area contributed by atoms with Gasteiger partial charge >= 0.3 is 0 Å². The van der Waals surface area contributed by atoms with Gasteiger partial charge in [-0.15, -0.1) is 11.8 Å². The molecule has 0 radical (unpaired) electrons. The van der Waals surface area contributed by atoms with Gasteiger partial charge in [-0.1, -0.05) is 49.4 Å². The van der Waals surface area contributed by atoms with Crippen molar-refractivity contribution in [3.63, 3.8) is 0 Å². The van der Waals surface area contributed by atoms with E-state index in [1.54, 1.807) is 18.2 Å². The van der Waals surface area contributed by atoms with Crippen LogP contribution in [0.1, 0.15) is 18.9 Å². The van der Waals surface area contributed by atoms with Crippen LogP contribution in [0.25, 0.3) is 5.57 Å². The predicted octanol–water partition coefficient (Wildman–Crippen LogP) is 3.49. The summed E-state index contributed by atoms with van der Waals surface area (Å²) in [5.41, 5.74) is 1.49. The van der Waals surface area contributed by atoms with Gasteiger partial charge in [-0.2, -0.15) is 0 Å². The van der Waals surface area contributed by atoms with E-state index < -0.39 is 0 Å². The Morgan fingerprint density at radius 2 is 1.70 bits per heavy atom. The van der Waals surface area contributed by atoms with Crippen LogP contribution in [-0.4, -0.2) is 35.9 Å². The number of imide groups is 1. The molecule has 0 unspecified atom stereocenters. The zero-order valence-electron chi connectivity index (χ0n) is 15.1. The lowest BCUT2D eigenvalue weighted by atomic mass is 10.1. The third kappa shape index (κ3) is 3.91. The molecule has 0 spiro atoms. The molecule has 0 saturated heterocycles. The minimum Gasteiger partial charge on any atom is -0.491 e. The van der Waals surface area contributed by atoms with Gasteiger partial charge in [-0.25, -0.2) is 4.90 Å². The molecule has 2 aromatic rings. The standard InChI is InChI=1S/C21H21NO4S/c1-2-13-26-17-11-7-6-10-16(17)22-20(24)18(15-8-4-3-5-9-15)19(21(22)25)27-14-12-23/h3-11,23H,2,12-14H2,1H3. The molecule has 2 aromatic carbocycles.